The molecule has 0 aliphatic heterocycles. The monoisotopic (exact) mass is 473 g/mol. The second kappa shape index (κ2) is 8.95. The van der Waals surface area contributed by atoms with E-state index in [1.165, 1.54) is 12.1 Å². The summed E-state index contributed by atoms with van der Waals surface area (Å²) < 4.78 is 44.2. The molecule has 0 fully saturated rings. The molecule has 0 bridgehead atoms. The second-order valence-electron chi connectivity index (χ2n) is 5.90. The van der Waals surface area contributed by atoms with Gasteiger partial charge in [0.2, 0.25) is 0 Å². The van der Waals surface area contributed by atoms with E-state index in [2.05, 4.69) is 16.2 Å². The smallest absolute Gasteiger partial charge is 0.416 e. The van der Waals surface area contributed by atoms with Gasteiger partial charge in [-0.1, -0.05) is 29.3 Å². The average Bonchev–Trinajstić information content (AvgIpc) is 3.15. The standard InChI is InChI=1S/C19H12Cl2F3N3O2S/c20-11-2-1-3-12(9-11)25-18(30)27-26-17(28)16-7-6-15(29-16)13-8-10(19(22,23)24)4-5-14(13)21/h1-9H,(H,26,28)(H2,25,27,30). The first-order valence-electron chi connectivity index (χ1n) is 8.23. The Morgan fingerprint density at radius 1 is 1.00 bits per heavy atom. The summed E-state index contributed by atoms with van der Waals surface area (Å²) in [7, 11) is 0. The van der Waals surface area contributed by atoms with E-state index in [1.807, 2.05) is 0 Å². The highest BCUT2D eigenvalue weighted by Gasteiger charge is 2.31. The van der Waals surface area contributed by atoms with Crippen LogP contribution in [-0.4, -0.2) is 11.0 Å². The number of alkyl halides is 3. The molecule has 1 heterocycles. The fraction of sp³-hybridized carbons (Fsp3) is 0.0526. The number of anilines is 1. The molecule has 0 radical (unpaired) electrons. The lowest BCUT2D eigenvalue weighted by atomic mass is 10.1. The predicted molar refractivity (Wildman–Crippen MR) is 112 cm³/mol. The molecule has 0 spiro atoms. The number of benzene rings is 2. The molecule has 5 nitrogen and oxygen atoms in total. The number of hydrogen-bond acceptors (Lipinski definition) is 3. The molecule has 156 valence electrons. The third-order valence-electron chi connectivity index (χ3n) is 3.76. The van der Waals surface area contributed by atoms with Gasteiger partial charge in [-0.3, -0.25) is 15.6 Å². The predicted octanol–water partition coefficient (Wildman–Crippen LogP) is 5.90. The zero-order valence-electron chi connectivity index (χ0n) is 14.8. The normalized spacial score (nSPS) is 11.1. The van der Waals surface area contributed by atoms with Crippen LogP contribution in [0.1, 0.15) is 16.1 Å². The maximum atomic E-state index is 12.9. The van der Waals surface area contributed by atoms with Crippen LogP contribution in [0.15, 0.2) is 59.0 Å². The maximum absolute atomic E-state index is 12.9. The first-order valence-corrected chi connectivity index (χ1v) is 9.40. The summed E-state index contributed by atoms with van der Waals surface area (Å²) in [5.41, 5.74) is 4.53. The van der Waals surface area contributed by atoms with Crippen molar-refractivity contribution in [2.75, 3.05) is 5.32 Å². The Hall–Kier alpha value is -2.75. The molecule has 0 aliphatic carbocycles. The summed E-state index contributed by atoms with van der Waals surface area (Å²) in [5, 5.41) is 3.45. The van der Waals surface area contributed by atoms with Gasteiger partial charge in [-0.2, -0.15) is 13.2 Å². The molecular formula is C19H12Cl2F3N3O2S. The Balaban J connectivity index is 1.66. The summed E-state index contributed by atoms with van der Waals surface area (Å²) in [4.78, 5) is 12.2. The molecule has 0 aliphatic rings. The zero-order chi connectivity index (χ0) is 21.9. The van der Waals surface area contributed by atoms with E-state index in [0.29, 0.717) is 10.7 Å². The molecule has 0 saturated heterocycles. The maximum Gasteiger partial charge on any atom is 0.416 e. The summed E-state index contributed by atoms with van der Waals surface area (Å²) in [6.45, 7) is 0. The Bertz CT molecular complexity index is 1100. The third-order valence-corrected chi connectivity index (χ3v) is 4.53. The molecule has 0 saturated carbocycles. The number of rotatable bonds is 3. The van der Waals surface area contributed by atoms with E-state index in [4.69, 9.17) is 39.8 Å². The Labute approximate surface area is 184 Å². The summed E-state index contributed by atoms with van der Waals surface area (Å²) in [6, 6.07) is 12.2. The number of halogens is 5. The molecule has 2 aromatic carbocycles. The van der Waals surface area contributed by atoms with Gasteiger partial charge in [0.15, 0.2) is 10.9 Å². The highest BCUT2D eigenvalue weighted by Crippen LogP contribution is 2.36. The molecule has 11 heteroatoms. The first kappa shape index (κ1) is 21.9. The summed E-state index contributed by atoms with van der Waals surface area (Å²) in [6.07, 6.45) is -4.54. The third kappa shape index (κ3) is 5.44. The molecule has 3 rings (SSSR count). The lowest BCUT2D eigenvalue weighted by Gasteiger charge is -2.11. The van der Waals surface area contributed by atoms with E-state index in [9.17, 15) is 18.0 Å². The van der Waals surface area contributed by atoms with E-state index in [0.717, 1.165) is 18.2 Å². The molecule has 0 atom stereocenters. The quantitative estimate of drug-likeness (QED) is 0.326. The topological polar surface area (TPSA) is 66.3 Å². The van der Waals surface area contributed by atoms with Crippen LogP contribution in [0.5, 0.6) is 0 Å². The fourth-order valence-corrected chi connectivity index (χ4v) is 2.97. The highest BCUT2D eigenvalue weighted by atomic mass is 35.5. The lowest BCUT2D eigenvalue weighted by Crippen LogP contribution is -2.43. The van der Waals surface area contributed by atoms with E-state index in [1.54, 1.807) is 24.3 Å². The van der Waals surface area contributed by atoms with Gasteiger partial charge >= 0.3 is 12.1 Å². The van der Waals surface area contributed by atoms with Crippen molar-refractivity contribution in [1.29, 1.82) is 0 Å². The van der Waals surface area contributed by atoms with Gasteiger partial charge in [-0.15, -0.1) is 0 Å². The van der Waals surface area contributed by atoms with Crippen molar-refractivity contribution < 1.29 is 22.4 Å². The SMILES string of the molecule is O=C(NNC(=S)Nc1cccc(Cl)c1)c1ccc(-c2cc(C(F)(F)F)ccc2Cl)o1. The number of carbonyl (C=O) groups is 1. The molecular weight excluding hydrogens is 462 g/mol. The molecule has 30 heavy (non-hydrogen) atoms. The fourth-order valence-electron chi connectivity index (χ4n) is 2.40. The molecule has 3 aromatic rings. The lowest BCUT2D eigenvalue weighted by molar-refractivity contribution is -0.137. The van der Waals surface area contributed by atoms with Crippen LogP contribution in [0.3, 0.4) is 0 Å². The van der Waals surface area contributed by atoms with E-state index >= 15 is 0 Å². The van der Waals surface area contributed by atoms with Crippen molar-refractivity contribution in [3.8, 4) is 11.3 Å². The molecule has 1 aromatic heterocycles. The van der Waals surface area contributed by atoms with Crippen molar-refractivity contribution in [3.63, 3.8) is 0 Å². The van der Waals surface area contributed by atoms with Gasteiger partial charge in [0.05, 0.1) is 10.6 Å². The Morgan fingerprint density at radius 3 is 2.47 bits per heavy atom. The van der Waals surface area contributed by atoms with E-state index < -0.39 is 17.6 Å². The Kier molecular flexibility index (Phi) is 6.55. The van der Waals surface area contributed by atoms with Gasteiger partial charge in [0, 0.05) is 16.3 Å². The number of hydrogen-bond donors (Lipinski definition) is 3. The van der Waals surface area contributed by atoms with Gasteiger partial charge in [0.1, 0.15) is 5.76 Å². The second-order valence-corrected chi connectivity index (χ2v) is 7.15. The largest absolute Gasteiger partial charge is 0.451 e. The summed E-state index contributed by atoms with van der Waals surface area (Å²) >= 11 is 16.9. The number of nitrogens with one attached hydrogen (secondary N) is 3. The minimum Gasteiger partial charge on any atom is -0.451 e. The number of hydrazine groups is 1. The van der Waals surface area contributed by atoms with Crippen molar-refractivity contribution in [1.82, 2.24) is 10.9 Å². The molecule has 0 unspecified atom stereocenters. The van der Waals surface area contributed by atoms with Gasteiger partial charge in [-0.25, -0.2) is 0 Å². The van der Waals surface area contributed by atoms with Crippen LogP contribution in [0, 0.1) is 0 Å². The van der Waals surface area contributed by atoms with Crippen molar-refractivity contribution in [2.24, 2.45) is 0 Å². The van der Waals surface area contributed by atoms with Crippen molar-refractivity contribution >= 4 is 52.1 Å². The van der Waals surface area contributed by atoms with Crippen LogP contribution in [-0.2, 0) is 6.18 Å². The van der Waals surface area contributed by atoms with Crippen LogP contribution < -0.4 is 16.2 Å². The van der Waals surface area contributed by atoms with Crippen molar-refractivity contribution in [3.05, 3.63) is 76.0 Å². The van der Waals surface area contributed by atoms with Gasteiger partial charge < -0.3 is 9.73 Å². The van der Waals surface area contributed by atoms with Crippen LogP contribution >= 0.6 is 35.4 Å². The van der Waals surface area contributed by atoms with Crippen LogP contribution in [0.4, 0.5) is 18.9 Å². The first-order chi connectivity index (χ1) is 14.1. The van der Waals surface area contributed by atoms with E-state index in [-0.39, 0.29) is 27.2 Å². The Morgan fingerprint density at radius 2 is 1.77 bits per heavy atom. The average molecular weight is 474 g/mol. The van der Waals surface area contributed by atoms with Gasteiger partial charge in [0.25, 0.3) is 0 Å². The number of amides is 1. The van der Waals surface area contributed by atoms with Crippen LogP contribution in [0.2, 0.25) is 10.0 Å². The van der Waals surface area contributed by atoms with Crippen molar-refractivity contribution in [2.45, 2.75) is 6.18 Å². The minimum absolute atomic E-state index is 0.0101. The van der Waals surface area contributed by atoms with Crippen LogP contribution in [0.25, 0.3) is 11.3 Å². The van der Waals surface area contributed by atoms with Gasteiger partial charge in [-0.05, 0) is 60.7 Å². The number of carbonyl (C=O) groups excluding carboxylic acids is 1. The number of furan rings is 1. The summed E-state index contributed by atoms with van der Waals surface area (Å²) in [5.74, 6) is -0.841. The highest BCUT2D eigenvalue weighted by molar-refractivity contribution is 7.80. The molecule has 1 amide bonds. The number of thiocarbonyl (C=S) groups is 1. The molecule has 3 N–H and O–H groups in total. The zero-order valence-corrected chi connectivity index (χ0v) is 17.1. The minimum atomic E-state index is -4.54.